The van der Waals surface area contributed by atoms with Crippen molar-refractivity contribution >= 4 is 28.3 Å². The van der Waals surface area contributed by atoms with E-state index in [1.165, 1.54) is 18.4 Å². The maximum atomic E-state index is 11.4. The van der Waals surface area contributed by atoms with Gasteiger partial charge in [-0.3, -0.25) is 0 Å². The average Bonchev–Trinajstić information content (AvgIpc) is 2.92. The number of carbonyl (C=O) groups excluding carboxylic acids is 1. The summed E-state index contributed by atoms with van der Waals surface area (Å²) in [5.74, 6) is -0.206. The van der Waals surface area contributed by atoms with Gasteiger partial charge in [0, 0.05) is 12.6 Å². The quantitative estimate of drug-likeness (QED) is 0.743. The Bertz CT molecular complexity index is 404. The third-order valence-electron chi connectivity index (χ3n) is 2.65. The molecule has 1 saturated heterocycles. The molecule has 0 saturated carbocycles. The molecule has 7 heteroatoms. The third-order valence-corrected chi connectivity index (χ3v) is 3.63. The fourth-order valence-electron chi connectivity index (χ4n) is 1.78. The van der Waals surface area contributed by atoms with Crippen LogP contribution in [0.15, 0.2) is 0 Å². The lowest BCUT2D eigenvalue weighted by Gasteiger charge is -2.23. The molecule has 1 atom stereocenters. The predicted octanol–water partition coefficient (Wildman–Crippen LogP) is 2.73. The number of ether oxygens (including phenoxy) is 1. The van der Waals surface area contributed by atoms with Gasteiger partial charge in [-0.25, -0.2) is 9.78 Å². The summed E-state index contributed by atoms with van der Waals surface area (Å²) in [5.41, 5.74) is 5.67. The molecule has 21 heavy (non-hydrogen) atoms. The van der Waals surface area contributed by atoms with Gasteiger partial charge in [0.2, 0.25) is 0 Å². The van der Waals surface area contributed by atoms with Gasteiger partial charge in [-0.2, -0.15) is 0 Å². The molecule has 122 valence electrons. The van der Waals surface area contributed by atoms with Crippen LogP contribution in [-0.2, 0) is 4.74 Å². The summed E-state index contributed by atoms with van der Waals surface area (Å²) < 4.78 is 4.63. The number of piperidine rings is 1. The highest BCUT2D eigenvalue weighted by Gasteiger charge is 2.19. The zero-order valence-corrected chi connectivity index (χ0v) is 14.5. The van der Waals surface area contributed by atoms with Gasteiger partial charge in [-0.05, 0) is 19.4 Å². The summed E-state index contributed by atoms with van der Waals surface area (Å²) >= 11 is 1.24. The highest BCUT2D eigenvalue weighted by Crippen LogP contribution is 2.26. The molecule has 1 fully saturated rings. The van der Waals surface area contributed by atoms with E-state index in [1.807, 2.05) is 27.7 Å². The molecular formula is C14H28N4O2S. The van der Waals surface area contributed by atoms with Crippen LogP contribution in [0, 0.1) is 0 Å². The number of esters is 1. The monoisotopic (exact) mass is 316 g/mol. The first-order valence-electron chi connectivity index (χ1n) is 7.52. The number of hydrogen-bond acceptors (Lipinski definition) is 7. The Balaban J connectivity index is 0.000000921. The van der Waals surface area contributed by atoms with Crippen LogP contribution in [0.2, 0.25) is 0 Å². The normalized spacial score (nSPS) is 16.7. The Kier molecular flexibility index (Phi) is 10.6. The Hall–Kier alpha value is -1.34. The molecule has 0 bridgehead atoms. The van der Waals surface area contributed by atoms with Crippen LogP contribution in [-0.4, -0.2) is 37.2 Å². The zero-order valence-electron chi connectivity index (χ0n) is 13.7. The van der Waals surface area contributed by atoms with Gasteiger partial charge in [0.15, 0.2) is 15.8 Å². The van der Waals surface area contributed by atoms with E-state index in [9.17, 15) is 4.79 Å². The van der Waals surface area contributed by atoms with Crippen molar-refractivity contribution in [3.05, 3.63) is 4.88 Å². The predicted molar refractivity (Wildman–Crippen MR) is 90.1 cm³/mol. The van der Waals surface area contributed by atoms with Crippen LogP contribution < -0.4 is 16.4 Å². The Labute approximate surface area is 131 Å². The van der Waals surface area contributed by atoms with E-state index in [-0.39, 0.29) is 5.82 Å². The number of thiazole rings is 1. The molecule has 0 radical (unpaired) electrons. The minimum Gasteiger partial charge on any atom is -0.465 e. The van der Waals surface area contributed by atoms with Gasteiger partial charge in [0.05, 0.1) is 7.11 Å². The summed E-state index contributed by atoms with van der Waals surface area (Å²) in [4.78, 5) is 15.9. The van der Waals surface area contributed by atoms with Crippen molar-refractivity contribution in [2.24, 2.45) is 0 Å². The number of nitrogens with zero attached hydrogens (tertiary/aromatic N) is 1. The van der Waals surface area contributed by atoms with Gasteiger partial charge >= 0.3 is 5.97 Å². The fraction of sp³-hybridized carbons (Fsp3) is 0.714. The smallest absolute Gasteiger partial charge is 0.351 e. The lowest BCUT2D eigenvalue weighted by Crippen LogP contribution is -2.38. The first-order valence-corrected chi connectivity index (χ1v) is 8.34. The summed E-state index contributed by atoms with van der Waals surface area (Å²) in [6.07, 6.45) is 2.24. The summed E-state index contributed by atoms with van der Waals surface area (Å²) in [6, 6.07) is 0.347. The van der Waals surface area contributed by atoms with E-state index < -0.39 is 5.97 Å². The molecule has 1 aromatic heterocycles. The van der Waals surface area contributed by atoms with Crippen LogP contribution >= 0.6 is 11.3 Å². The highest BCUT2D eigenvalue weighted by atomic mass is 32.1. The van der Waals surface area contributed by atoms with Crippen molar-refractivity contribution in [1.29, 1.82) is 0 Å². The number of methoxy groups -OCH3 is 1. The molecule has 1 aromatic rings. The molecule has 1 aliphatic heterocycles. The van der Waals surface area contributed by atoms with E-state index in [0.29, 0.717) is 16.1 Å². The molecule has 1 unspecified atom stereocenters. The number of anilines is 2. The van der Waals surface area contributed by atoms with E-state index in [1.54, 1.807) is 0 Å². The molecular weight excluding hydrogens is 288 g/mol. The third kappa shape index (κ3) is 6.31. The zero-order chi connectivity index (χ0) is 16.3. The van der Waals surface area contributed by atoms with E-state index in [0.717, 1.165) is 25.9 Å². The molecule has 6 nitrogen and oxygen atoms in total. The van der Waals surface area contributed by atoms with Crippen LogP contribution in [0.25, 0.3) is 0 Å². The van der Waals surface area contributed by atoms with Crippen LogP contribution in [0.4, 0.5) is 10.9 Å². The van der Waals surface area contributed by atoms with Crippen molar-refractivity contribution in [3.8, 4) is 0 Å². The van der Waals surface area contributed by atoms with Gasteiger partial charge in [-0.1, -0.05) is 39.0 Å². The maximum Gasteiger partial charge on any atom is 0.351 e. The molecule has 0 amide bonds. The van der Waals surface area contributed by atoms with Crippen molar-refractivity contribution in [2.45, 2.75) is 46.6 Å². The molecule has 2 heterocycles. The molecule has 1 aliphatic rings. The first-order chi connectivity index (χ1) is 10.2. The van der Waals surface area contributed by atoms with Crippen LogP contribution in [0.1, 0.15) is 50.2 Å². The molecule has 2 rings (SSSR count). The van der Waals surface area contributed by atoms with Crippen LogP contribution in [0.5, 0.6) is 0 Å². The first kappa shape index (κ1) is 19.7. The minimum absolute atomic E-state index is 0.230. The van der Waals surface area contributed by atoms with Crippen molar-refractivity contribution in [3.63, 3.8) is 0 Å². The van der Waals surface area contributed by atoms with Gasteiger partial charge < -0.3 is 21.1 Å². The van der Waals surface area contributed by atoms with E-state index >= 15 is 0 Å². The van der Waals surface area contributed by atoms with E-state index in [4.69, 9.17) is 5.73 Å². The topological polar surface area (TPSA) is 89.3 Å². The average molecular weight is 316 g/mol. The fourth-order valence-corrected chi connectivity index (χ4v) is 2.66. The Morgan fingerprint density at radius 1 is 1.43 bits per heavy atom. The number of nitrogen functional groups attached to an aromatic ring is 1. The van der Waals surface area contributed by atoms with Gasteiger partial charge in [0.25, 0.3) is 0 Å². The number of rotatable bonds is 3. The van der Waals surface area contributed by atoms with Crippen molar-refractivity contribution in [2.75, 3.05) is 31.2 Å². The highest BCUT2D eigenvalue weighted by molar-refractivity contribution is 7.17. The number of nitrogens with two attached hydrogens (primary N) is 1. The molecule has 4 N–H and O–H groups in total. The lowest BCUT2D eigenvalue weighted by molar-refractivity contribution is 0.0607. The molecule has 0 spiro atoms. The number of aromatic nitrogens is 1. The van der Waals surface area contributed by atoms with Gasteiger partial charge in [-0.15, -0.1) is 0 Å². The number of nitrogens with one attached hydrogen (secondary N) is 2. The SMILES string of the molecule is CC.CC.COC(=O)c1sc(NC2CCCNC2)nc1N. The molecule has 0 aliphatic carbocycles. The second kappa shape index (κ2) is 11.3. The largest absolute Gasteiger partial charge is 0.465 e. The van der Waals surface area contributed by atoms with Crippen LogP contribution in [0.3, 0.4) is 0 Å². The summed E-state index contributed by atoms with van der Waals surface area (Å²) in [7, 11) is 1.33. The summed E-state index contributed by atoms with van der Waals surface area (Å²) in [5, 5.41) is 7.26. The van der Waals surface area contributed by atoms with Gasteiger partial charge in [0.1, 0.15) is 0 Å². The van der Waals surface area contributed by atoms with Crippen molar-refractivity contribution < 1.29 is 9.53 Å². The lowest BCUT2D eigenvalue weighted by atomic mass is 10.1. The van der Waals surface area contributed by atoms with E-state index in [2.05, 4.69) is 20.4 Å². The van der Waals surface area contributed by atoms with Crippen molar-refractivity contribution in [1.82, 2.24) is 10.3 Å². The number of carbonyl (C=O) groups is 1. The standard InChI is InChI=1S/C10H16N4O2S.2C2H6/c1-16-9(15)7-8(11)14-10(17-7)13-6-3-2-4-12-5-6;2*1-2/h6,12H,2-5,11H2,1H3,(H,13,14);2*1-2H3. The second-order valence-corrected chi connectivity index (χ2v) is 4.91. The Morgan fingerprint density at radius 3 is 2.62 bits per heavy atom. The minimum atomic E-state index is -0.435. The maximum absolute atomic E-state index is 11.4. The second-order valence-electron chi connectivity index (χ2n) is 3.91. The number of hydrogen-bond donors (Lipinski definition) is 3. The molecule has 0 aromatic carbocycles. The summed E-state index contributed by atoms with van der Waals surface area (Å²) in [6.45, 7) is 9.97. The Morgan fingerprint density at radius 2 is 2.10 bits per heavy atom.